The summed E-state index contributed by atoms with van der Waals surface area (Å²) < 4.78 is 0. The number of nitrogens with zero attached hydrogens (tertiary/aromatic N) is 3. The lowest BCUT2D eigenvalue weighted by Gasteiger charge is -2.10. The monoisotopic (exact) mass is 187 g/mol. The number of benzene rings is 1. The van der Waals surface area contributed by atoms with Crippen molar-refractivity contribution in [2.75, 3.05) is 0 Å². The second-order valence-corrected chi connectivity index (χ2v) is 3.67. The third-order valence-corrected chi connectivity index (χ3v) is 2.78. The van der Waals surface area contributed by atoms with Crippen molar-refractivity contribution < 1.29 is 0 Å². The van der Waals surface area contributed by atoms with Crippen molar-refractivity contribution in [3.8, 4) is 0 Å². The molecule has 1 aliphatic rings. The molecule has 1 aromatic rings. The molecule has 14 heavy (non-hydrogen) atoms. The first-order valence-electron chi connectivity index (χ1n) is 5.04. The fraction of sp³-hybridized carbons (Fsp3) is 0.455. The second kappa shape index (κ2) is 4.16. The van der Waals surface area contributed by atoms with E-state index in [-0.39, 0.29) is 6.04 Å². The van der Waals surface area contributed by atoms with Gasteiger partial charge in [0, 0.05) is 4.91 Å². The van der Waals surface area contributed by atoms with Crippen molar-refractivity contribution in [1.29, 1.82) is 0 Å². The van der Waals surface area contributed by atoms with E-state index in [0.29, 0.717) is 0 Å². The highest BCUT2D eigenvalue weighted by atomic mass is 15.1. The summed E-state index contributed by atoms with van der Waals surface area (Å²) in [6.07, 6.45) is 4.46. The first-order valence-corrected chi connectivity index (χ1v) is 5.04. The van der Waals surface area contributed by atoms with Gasteiger partial charge in [-0.2, -0.15) is 0 Å². The number of fused-ring (bicyclic) bond motifs is 1. The van der Waals surface area contributed by atoms with Crippen LogP contribution >= 0.6 is 0 Å². The summed E-state index contributed by atoms with van der Waals surface area (Å²) in [6, 6.07) is 8.35. The van der Waals surface area contributed by atoms with Crippen LogP contribution in [0.25, 0.3) is 10.4 Å². The van der Waals surface area contributed by atoms with E-state index < -0.39 is 0 Å². The predicted molar refractivity (Wildman–Crippen MR) is 55.9 cm³/mol. The van der Waals surface area contributed by atoms with Crippen molar-refractivity contribution in [2.24, 2.45) is 5.11 Å². The molecule has 1 atom stereocenters. The first kappa shape index (κ1) is 9.10. The molecule has 0 aliphatic heterocycles. The second-order valence-electron chi connectivity index (χ2n) is 3.67. The molecule has 1 aliphatic carbocycles. The Bertz CT molecular complexity index is 367. The van der Waals surface area contributed by atoms with Crippen LogP contribution in [0.2, 0.25) is 0 Å². The molecule has 0 N–H and O–H groups in total. The Hall–Kier alpha value is -1.47. The van der Waals surface area contributed by atoms with E-state index in [9.17, 15) is 0 Å². The summed E-state index contributed by atoms with van der Waals surface area (Å²) in [5.41, 5.74) is 11.1. The van der Waals surface area contributed by atoms with Gasteiger partial charge in [0.05, 0.1) is 6.04 Å². The van der Waals surface area contributed by atoms with Gasteiger partial charge in [-0.3, -0.25) is 0 Å². The zero-order valence-corrected chi connectivity index (χ0v) is 8.06. The number of azide groups is 1. The van der Waals surface area contributed by atoms with E-state index in [2.05, 4.69) is 28.2 Å². The highest BCUT2D eigenvalue weighted by Gasteiger charge is 2.16. The van der Waals surface area contributed by atoms with E-state index in [1.807, 2.05) is 6.07 Å². The molecule has 3 heteroatoms. The summed E-state index contributed by atoms with van der Waals surface area (Å²) in [6.45, 7) is 0. The summed E-state index contributed by atoms with van der Waals surface area (Å²) in [5, 5.41) is 3.87. The van der Waals surface area contributed by atoms with Crippen molar-refractivity contribution in [2.45, 2.75) is 31.7 Å². The van der Waals surface area contributed by atoms with Crippen molar-refractivity contribution >= 4 is 0 Å². The number of hydrogen-bond acceptors (Lipinski definition) is 1. The number of aryl methyl sites for hydroxylation is 1. The molecule has 3 nitrogen and oxygen atoms in total. The topological polar surface area (TPSA) is 48.8 Å². The Labute approximate surface area is 83.4 Å². The first-order chi connectivity index (χ1) is 6.92. The Kier molecular flexibility index (Phi) is 2.70. The molecular formula is C11H13N3. The van der Waals surface area contributed by atoms with Crippen LogP contribution in [-0.4, -0.2) is 0 Å². The molecule has 0 unspecified atom stereocenters. The molecule has 0 spiro atoms. The molecule has 0 saturated heterocycles. The summed E-state index contributed by atoms with van der Waals surface area (Å²) in [5.74, 6) is 0. The molecule has 0 saturated carbocycles. The number of rotatable bonds is 1. The quantitative estimate of drug-likeness (QED) is 0.278. The molecule has 0 aromatic heterocycles. The standard InChI is InChI=1S/C11H13N3/c12-14-13-11-8-4-2-6-9-5-1-3-7-10(9)11/h1,3,5,7,11H,2,4,6,8H2/t11-/m1/s1. The zero-order chi connectivity index (χ0) is 9.80. The van der Waals surface area contributed by atoms with Gasteiger partial charge in [0.1, 0.15) is 0 Å². The Morgan fingerprint density at radius 1 is 1.29 bits per heavy atom. The van der Waals surface area contributed by atoms with Gasteiger partial charge >= 0.3 is 0 Å². The normalized spacial score (nSPS) is 20.4. The van der Waals surface area contributed by atoms with Gasteiger partial charge in [-0.05, 0) is 35.9 Å². The maximum atomic E-state index is 8.49. The summed E-state index contributed by atoms with van der Waals surface area (Å²) in [4.78, 5) is 2.92. The van der Waals surface area contributed by atoms with Crippen LogP contribution in [0.4, 0.5) is 0 Å². The fourth-order valence-corrected chi connectivity index (χ4v) is 2.08. The Morgan fingerprint density at radius 2 is 2.14 bits per heavy atom. The van der Waals surface area contributed by atoms with Gasteiger partial charge < -0.3 is 0 Å². The molecular weight excluding hydrogens is 174 g/mol. The van der Waals surface area contributed by atoms with E-state index in [4.69, 9.17) is 5.53 Å². The molecule has 0 fully saturated rings. The molecule has 0 heterocycles. The Balaban J connectivity index is 2.41. The highest BCUT2D eigenvalue weighted by Crippen LogP contribution is 2.31. The van der Waals surface area contributed by atoms with Crippen molar-refractivity contribution in [3.05, 3.63) is 45.8 Å². The molecule has 0 bridgehead atoms. The minimum Gasteiger partial charge on any atom is -0.0859 e. The summed E-state index contributed by atoms with van der Waals surface area (Å²) in [7, 11) is 0. The average Bonchev–Trinajstić information content (AvgIpc) is 2.42. The van der Waals surface area contributed by atoms with Crippen LogP contribution in [0.5, 0.6) is 0 Å². The minimum atomic E-state index is 0.0544. The van der Waals surface area contributed by atoms with Crippen molar-refractivity contribution in [1.82, 2.24) is 0 Å². The van der Waals surface area contributed by atoms with E-state index in [0.717, 1.165) is 19.3 Å². The molecule has 2 rings (SSSR count). The van der Waals surface area contributed by atoms with Crippen molar-refractivity contribution in [3.63, 3.8) is 0 Å². The minimum absolute atomic E-state index is 0.0544. The lowest BCUT2D eigenvalue weighted by atomic mass is 10.00. The van der Waals surface area contributed by atoms with Gasteiger partial charge in [-0.15, -0.1) is 0 Å². The largest absolute Gasteiger partial charge is 0.0859 e. The van der Waals surface area contributed by atoms with Crippen LogP contribution in [-0.2, 0) is 6.42 Å². The van der Waals surface area contributed by atoms with Crippen LogP contribution in [0.1, 0.15) is 36.4 Å². The van der Waals surface area contributed by atoms with Crippen LogP contribution in [0.15, 0.2) is 29.4 Å². The van der Waals surface area contributed by atoms with Gasteiger partial charge in [-0.25, -0.2) is 0 Å². The zero-order valence-electron chi connectivity index (χ0n) is 8.06. The van der Waals surface area contributed by atoms with E-state index in [1.165, 1.54) is 17.5 Å². The van der Waals surface area contributed by atoms with Crippen LogP contribution in [0, 0.1) is 0 Å². The molecule has 0 amide bonds. The predicted octanol–water partition coefficient (Wildman–Crippen LogP) is 3.76. The van der Waals surface area contributed by atoms with E-state index >= 15 is 0 Å². The van der Waals surface area contributed by atoms with Gasteiger partial charge in [0.2, 0.25) is 0 Å². The number of hydrogen-bond donors (Lipinski definition) is 0. The third kappa shape index (κ3) is 1.73. The van der Waals surface area contributed by atoms with Gasteiger partial charge in [0.15, 0.2) is 0 Å². The average molecular weight is 187 g/mol. The Morgan fingerprint density at radius 3 is 3.00 bits per heavy atom. The van der Waals surface area contributed by atoms with Gasteiger partial charge in [-0.1, -0.05) is 35.8 Å². The fourth-order valence-electron chi connectivity index (χ4n) is 2.08. The van der Waals surface area contributed by atoms with Crippen LogP contribution in [0.3, 0.4) is 0 Å². The van der Waals surface area contributed by atoms with Crippen LogP contribution < -0.4 is 0 Å². The maximum Gasteiger partial charge on any atom is 0.0628 e. The highest BCUT2D eigenvalue weighted by molar-refractivity contribution is 5.31. The van der Waals surface area contributed by atoms with E-state index in [1.54, 1.807) is 0 Å². The molecule has 1 aromatic carbocycles. The summed E-state index contributed by atoms with van der Waals surface area (Å²) >= 11 is 0. The lowest BCUT2D eigenvalue weighted by Crippen LogP contribution is -1.95. The smallest absolute Gasteiger partial charge is 0.0628 e. The third-order valence-electron chi connectivity index (χ3n) is 2.78. The maximum absolute atomic E-state index is 8.49. The SMILES string of the molecule is [N-]=[N+]=N[C@@H]1CCCCc2ccccc21. The lowest BCUT2D eigenvalue weighted by molar-refractivity contribution is 0.612. The molecule has 0 radical (unpaired) electrons. The van der Waals surface area contributed by atoms with Gasteiger partial charge in [0.25, 0.3) is 0 Å². The molecule has 72 valence electrons.